The van der Waals surface area contributed by atoms with Gasteiger partial charge in [0.05, 0.1) is 38.2 Å². The molecule has 130 valence electrons. The summed E-state index contributed by atoms with van der Waals surface area (Å²) >= 11 is 0. The van der Waals surface area contributed by atoms with Crippen LogP contribution in [-0.4, -0.2) is 32.8 Å². The minimum atomic E-state index is -0.464. The summed E-state index contributed by atoms with van der Waals surface area (Å²) in [7, 11) is 2.66. The van der Waals surface area contributed by atoms with Crippen molar-refractivity contribution < 1.29 is 23.8 Å². The van der Waals surface area contributed by atoms with Gasteiger partial charge in [0, 0.05) is 0 Å². The number of ether oxygens (including phenoxy) is 3. The number of hydrogen-bond donors (Lipinski definition) is 0. The van der Waals surface area contributed by atoms with E-state index in [9.17, 15) is 9.59 Å². The molecule has 2 aromatic carbocycles. The van der Waals surface area contributed by atoms with E-state index in [-0.39, 0.29) is 0 Å². The van der Waals surface area contributed by atoms with Crippen molar-refractivity contribution in [1.82, 2.24) is 0 Å². The third kappa shape index (κ3) is 4.07. The molecule has 2 rings (SSSR count). The minimum Gasteiger partial charge on any atom is -0.501 e. The summed E-state index contributed by atoms with van der Waals surface area (Å²) in [6, 6.07) is 12.3. The summed E-state index contributed by atoms with van der Waals surface area (Å²) in [6.45, 7) is 2.37. The van der Waals surface area contributed by atoms with Gasteiger partial charge in [-0.25, -0.2) is 9.59 Å². The third-order valence-electron chi connectivity index (χ3n) is 3.63. The van der Waals surface area contributed by atoms with Crippen molar-refractivity contribution in [2.45, 2.75) is 6.92 Å². The smallest absolute Gasteiger partial charge is 0.338 e. The van der Waals surface area contributed by atoms with E-state index < -0.39 is 11.9 Å². The van der Waals surface area contributed by atoms with E-state index in [1.54, 1.807) is 36.4 Å². The second kappa shape index (κ2) is 8.68. The fourth-order valence-electron chi connectivity index (χ4n) is 2.49. The van der Waals surface area contributed by atoms with Gasteiger partial charge in [0.1, 0.15) is 0 Å². The van der Waals surface area contributed by atoms with Crippen molar-refractivity contribution in [3.63, 3.8) is 0 Å². The highest BCUT2D eigenvalue weighted by Gasteiger charge is 2.19. The van der Waals surface area contributed by atoms with E-state index in [0.717, 1.165) is 0 Å². The Labute approximate surface area is 146 Å². The molecular formula is C20H20O5. The maximum Gasteiger partial charge on any atom is 0.338 e. The van der Waals surface area contributed by atoms with Gasteiger partial charge in [-0.15, -0.1) is 0 Å². The molecule has 0 atom stereocenters. The van der Waals surface area contributed by atoms with Gasteiger partial charge in [0.25, 0.3) is 0 Å². The lowest BCUT2D eigenvalue weighted by Gasteiger charge is -2.13. The number of hydrogen-bond acceptors (Lipinski definition) is 5. The van der Waals surface area contributed by atoms with Crippen LogP contribution in [0, 0.1) is 0 Å². The average Bonchev–Trinajstić information content (AvgIpc) is 2.67. The van der Waals surface area contributed by atoms with Crippen LogP contribution in [-0.2, 0) is 14.2 Å². The molecular weight excluding hydrogens is 320 g/mol. The Hall–Kier alpha value is -3.08. The Morgan fingerprint density at radius 1 is 0.880 bits per heavy atom. The first-order valence-corrected chi connectivity index (χ1v) is 7.81. The first kappa shape index (κ1) is 18.3. The predicted molar refractivity (Wildman–Crippen MR) is 95.2 cm³/mol. The van der Waals surface area contributed by atoms with Crippen LogP contribution < -0.4 is 0 Å². The lowest BCUT2D eigenvalue weighted by atomic mass is 9.92. The van der Waals surface area contributed by atoms with Gasteiger partial charge in [0.2, 0.25) is 0 Å². The van der Waals surface area contributed by atoms with Gasteiger partial charge in [-0.3, -0.25) is 0 Å². The maximum atomic E-state index is 12.1. The van der Waals surface area contributed by atoms with Gasteiger partial charge < -0.3 is 14.2 Å². The Morgan fingerprint density at radius 2 is 1.48 bits per heavy atom. The van der Waals surface area contributed by atoms with Crippen LogP contribution in [0.4, 0.5) is 0 Å². The second-order valence-electron chi connectivity index (χ2n) is 5.05. The zero-order valence-electron chi connectivity index (χ0n) is 14.4. The summed E-state index contributed by atoms with van der Waals surface area (Å²) in [5, 5.41) is 0. The van der Waals surface area contributed by atoms with Crippen LogP contribution in [0.25, 0.3) is 17.2 Å². The first-order chi connectivity index (χ1) is 12.1. The number of rotatable bonds is 6. The monoisotopic (exact) mass is 340 g/mol. The molecule has 5 nitrogen and oxygen atoms in total. The molecule has 0 aliphatic carbocycles. The van der Waals surface area contributed by atoms with E-state index >= 15 is 0 Å². The van der Waals surface area contributed by atoms with Crippen LogP contribution in [0.5, 0.6) is 0 Å². The fourth-order valence-corrected chi connectivity index (χ4v) is 2.49. The Morgan fingerprint density at radius 3 is 2.16 bits per heavy atom. The molecule has 0 fully saturated rings. The highest BCUT2D eigenvalue weighted by atomic mass is 16.5. The lowest BCUT2D eigenvalue weighted by molar-refractivity contribution is 0.0593. The molecule has 0 amide bonds. The number of carbonyl (C=O) groups is 2. The molecule has 5 heteroatoms. The predicted octanol–water partition coefficient (Wildman–Crippen LogP) is 3.93. The SMILES string of the molecule is CCO/C=C/c1c(C(=O)OC)cccc1-c1ccccc1C(=O)OC. The summed E-state index contributed by atoms with van der Waals surface area (Å²) < 4.78 is 15.0. The molecule has 0 aromatic heterocycles. The van der Waals surface area contributed by atoms with Gasteiger partial charge in [-0.2, -0.15) is 0 Å². The lowest BCUT2D eigenvalue weighted by Crippen LogP contribution is -2.07. The van der Waals surface area contributed by atoms with Gasteiger partial charge in [-0.05, 0) is 41.8 Å². The second-order valence-corrected chi connectivity index (χ2v) is 5.05. The van der Waals surface area contributed by atoms with E-state index in [4.69, 9.17) is 14.2 Å². The van der Waals surface area contributed by atoms with E-state index in [2.05, 4.69) is 0 Å². The standard InChI is InChI=1S/C20H20O5/c1-4-25-13-12-16-14(10-7-11-18(16)20(22)24-3)15-8-5-6-9-17(15)19(21)23-2/h5-13H,4H2,1-3H3/b13-12+. The van der Waals surface area contributed by atoms with Crippen molar-refractivity contribution in [1.29, 1.82) is 0 Å². The Balaban J connectivity index is 2.69. The molecule has 0 aliphatic heterocycles. The molecule has 0 saturated carbocycles. The Kier molecular flexibility index (Phi) is 6.34. The van der Waals surface area contributed by atoms with Crippen molar-refractivity contribution in [2.24, 2.45) is 0 Å². The molecule has 0 bridgehead atoms. The summed E-state index contributed by atoms with van der Waals surface area (Å²) in [6.07, 6.45) is 3.21. The first-order valence-electron chi connectivity index (χ1n) is 7.81. The summed E-state index contributed by atoms with van der Waals surface area (Å²) in [5.74, 6) is -0.910. The van der Waals surface area contributed by atoms with Crippen molar-refractivity contribution in [3.05, 3.63) is 65.4 Å². The van der Waals surface area contributed by atoms with Crippen LogP contribution in [0.1, 0.15) is 33.2 Å². The third-order valence-corrected chi connectivity index (χ3v) is 3.63. The largest absolute Gasteiger partial charge is 0.501 e. The van der Waals surface area contributed by atoms with Crippen molar-refractivity contribution in [2.75, 3.05) is 20.8 Å². The molecule has 0 saturated heterocycles. The Bertz CT molecular complexity index is 792. The van der Waals surface area contributed by atoms with Gasteiger partial charge in [-0.1, -0.05) is 30.3 Å². The topological polar surface area (TPSA) is 61.8 Å². The number of esters is 2. The fraction of sp³-hybridized carbons (Fsp3) is 0.200. The zero-order valence-corrected chi connectivity index (χ0v) is 14.4. The van der Waals surface area contributed by atoms with E-state index in [0.29, 0.717) is 34.4 Å². The summed E-state index contributed by atoms with van der Waals surface area (Å²) in [4.78, 5) is 24.2. The average molecular weight is 340 g/mol. The molecule has 25 heavy (non-hydrogen) atoms. The van der Waals surface area contributed by atoms with Gasteiger partial charge in [0.15, 0.2) is 0 Å². The quantitative estimate of drug-likeness (QED) is 0.589. The van der Waals surface area contributed by atoms with Crippen LogP contribution in [0.3, 0.4) is 0 Å². The number of carbonyl (C=O) groups excluding carboxylic acids is 2. The molecule has 0 unspecified atom stereocenters. The molecule has 0 spiro atoms. The van der Waals surface area contributed by atoms with Crippen LogP contribution in [0.2, 0.25) is 0 Å². The van der Waals surface area contributed by atoms with Crippen molar-refractivity contribution >= 4 is 18.0 Å². The van der Waals surface area contributed by atoms with Crippen LogP contribution in [0.15, 0.2) is 48.7 Å². The molecule has 0 aliphatic rings. The maximum absolute atomic E-state index is 12.1. The van der Waals surface area contributed by atoms with E-state index in [1.165, 1.54) is 20.5 Å². The highest BCUT2D eigenvalue weighted by Crippen LogP contribution is 2.31. The molecule has 0 radical (unpaired) electrons. The summed E-state index contributed by atoms with van der Waals surface area (Å²) in [5.41, 5.74) is 2.78. The number of benzene rings is 2. The van der Waals surface area contributed by atoms with Gasteiger partial charge >= 0.3 is 11.9 Å². The molecule has 0 N–H and O–H groups in total. The van der Waals surface area contributed by atoms with Crippen LogP contribution >= 0.6 is 0 Å². The minimum absolute atomic E-state index is 0.385. The highest BCUT2D eigenvalue weighted by molar-refractivity contribution is 6.01. The van der Waals surface area contributed by atoms with E-state index in [1.807, 2.05) is 19.1 Å². The van der Waals surface area contributed by atoms with Crippen molar-refractivity contribution in [3.8, 4) is 11.1 Å². The zero-order chi connectivity index (χ0) is 18.2. The number of methoxy groups -OCH3 is 2. The molecule has 0 heterocycles. The molecule has 2 aromatic rings. The normalized spacial score (nSPS) is 10.5.